The molecule has 0 bridgehead atoms. The minimum Gasteiger partial charge on any atom is -0.423 e. The molecule has 5 aromatic carbocycles. The Hall–Kier alpha value is -4.12. The first-order valence-corrected chi connectivity index (χ1v) is 11.4. The Balaban J connectivity index is 1.49. The van der Waals surface area contributed by atoms with Crippen molar-refractivity contribution in [3.05, 3.63) is 121 Å². The third-order valence-electron chi connectivity index (χ3n) is 6.47. The quantitative estimate of drug-likeness (QED) is 0.341. The lowest BCUT2D eigenvalue weighted by atomic mass is 9.74. The molecule has 0 spiro atoms. The highest BCUT2D eigenvalue weighted by atomic mass is 16.4. The van der Waals surface area contributed by atoms with Gasteiger partial charge in [-0.25, -0.2) is 0 Å². The molecule has 1 heterocycles. The first-order chi connectivity index (χ1) is 16.7. The summed E-state index contributed by atoms with van der Waals surface area (Å²) in [6.07, 6.45) is 0. The van der Waals surface area contributed by atoms with Crippen molar-refractivity contribution >= 4 is 34.4 Å². The highest BCUT2D eigenvalue weighted by molar-refractivity contribution is 6.60. The summed E-state index contributed by atoms with van der Waals surface area (Å²) in [4.78, 5) is 0. The summed E-state index contributed by atoms with van der Waals surface area (Å²) >= 11 is 0. The molecule has 162 valence electrons. The molecule has 0 atom stereocenters. The number of nitrogens with zero attached hydrogens (tertiary/aromatic N) is 1. The van der Waals surface area contributed by atoms with E-state index in [1.54, 1.807) is 6.07 Å². The largest absolute Gasteiger partial charge is 0.489 e. The van der Waals surface area contributed by atoms with E-state index < -0.39 is 7.12 Å². The molecule has 0 fully saturated rings. The fourth-order valence-corrected chi connectivity index (χ4v) is 4.93. The van der Waals surface area contributed by atoms with E-state index in [4.69, 9.17) is 0 Å². The molecule has 0 saturated heterocycles. The van der Waals surface area contributed by atoms with Gasteiger partial charge in [-0.3, -0.25) is 0 Å². The number of hydrogen-bond donors (Lipinski definition) is 2. The van der Waals surface area contributed by atoms with Gasteiger partial charge in [0.15, 0.2) is 0 Å². The maximum atomic E-state index is 9.90. The molecule has 0 saturated carbocycles. The van der Waals surface area contributed by atoms with Crippen LogP contribution in [0.3, 0.4) is 0 Å². The molecule has 0 aliphatic heterocycles. The third-order valence-corrected chi connectivity index (χ3v) is 6.47. The van der Waals surface area contributed by atoms with Gasteiger partial charge in [-0.2, -0.15) is 0 Å². The van der Waals surface area contributed by atoms with Crippen molar-refractivity contribution < 1.29 is 10.0 Å². The van der Waals surface area contributed by atoms with E-state index >= 15 is 0 Å². The predicted molar refractivity (Wildman–Crippen MR) is 141 cm³/mol. The number of rotatable bonds is 4. The maximum Gasteiger partial charge on any atom is 0.489 e. The average molecular weight is 439 g/mol. The summed E-state index contributed by atoms with van der Waals surface area (Å²) in [6, 6.07) is 41.1. The Morgan fingerprint density at radius 3 is 1.59 bits per heavy atom. The van der Waals surface area contributed by atoms with E-state index in [9.17, 15) is 10.0 Å². The van der Waals surface area contributed by atoms with Crippen molar-refractivity contribution in [1.29, 1.82) is 0 Å². The van der Waals surface area contributed by atoms with Crippen molar-refractivity contribution in [3.63, 3.8) is 0 Å². The summed E-state index contributed by atoms with van der Waals surface area (Å²) in [7, 11) is -1.53. The second kappa shape index (κ2) is 8.34. The molecule has 0 unspecified atom stereocenters. The fraction of sp³-hybridized carbons (Fsp3) is 0. The SMILES string of the molecule is OB(O)c1ccccc1-c1ccccc1-c1ccc(-n2c3ccccc3c3ccccc32)cc1. The molecule has 2 N–H and O–H groups in total. The van der Waals surface area contributed by atoms with Crippen molar-refractivity contribution in [3.8, 4) is 27.9 Å². The lowest BCUT2D eigenvalue weighted by Gasteiger charge is -2.15. The Morgan fingerprint density at radius 2 is 0.971 bits per heavy atom. The maximum absolute atomic E-state index is 9.90. The van der Waals surface area contributed by atoms with Crippen LogP contribution in [0.2, 0.25) is 0 Å². The summed E-state index contributed by atoms with van der Waals surface area (Å²) in [5.74, 6) is 0. The van der Waals surface area contributed by atoms with Crippen LogP contribution in [0.1, 0.15) is 0 Å². The molecule has 6 aromatic rings. The van der Waals surface area contributed by atoms with Crippen LogP contribution in [0.4, 0.5) is 0 Å². The van der Waals surface area contributed by atoms with E-state index in [-0.39, 0.29) is 0 Å². The van der Waals surface area contributed by atoms with Crippen LogP contribution < -0.4 is 5.46 Å². The molecule has 0 amide bonds. The zero-order valence-corrected chi connectivity index (χ0v) is 18.5. The van der Waals surface area contributed by atoms with E-state index in [0.29, 0.717) is 5.46 Å². The Labute approximate surface area is 198 Å². The Morgan fingerprint density at radius 1 is 0.471 bits per heavy atom. The van der Waals surface area contributed by atoms with Gasteiger partial charge in [0, 0.05) is 16.5 Å². The Bertz CT molecular complexity index is 1580. The summed E-state index contributed by atoms with van der Waals surface area (Å²) in [6.45, 7) is 0. The monoisotopic (exact) mass is 439 g/mol. The van der Waals surface area contributed by atoms with Gasteiger partial charge in [0.2, 0.25) is 0 Å². The molecule has 1 aromatic heterocycles. The van der Waals surface area contributed by atoms with E-state index in [2.05, 4.69) is 83.4 Å². The lowest BCUT2D eigenvalue weighted by molar-refractivity contribution is 0.426. The molecule has 34 heavy (non-hydrogen) atoms. The lowest BCUT2D eigenvalue weighted by Crippen LogP contribution is -2.31. The third kappa shape index (κ3) is 3.32. The molecule has 0 radical (unpaired) electrons. The van der Waals surface area contributed by atoms with E-state index in [1.807, 2.05) is 36.4 Å². The van der Waals surface area contributed by atoms with Crippen molar-refractivity contribution in [2.24, 2.45) is 0 Å². The van der Waals surface area contributed by atoms with Crippen LogP contribution in [0, 0.1) is 0 Å². The smallest absolute Gasteiger partial charge is 0.423 e. The van der Waals surface area contributed by atoms with Crippen LogP contribution >= 0.6 is 0 Å². The second-order valence-corrected chi connectivity index (χ2v) is 8.42. The normalized spacial score (nSPS) is 11.2. The predicted octanol–water partition coefficient (Wildman–Crippen LogP) is 5.80. The molecule has 0 aliphatic rings. The second-order valence-electron chi connectivity index (χ2n) is 8.42. The zero-order chi connectivity index (χ0) is 23.1. The van der Waals surface area contributed by atoms with E-state index in [1.165, 1.54) is 21.8 Å². The van der Waals surface area contributed by atoms with Gasteiger partial charge in [-0.1, -0.05) is 97.1 Å². The Kier molecular flexibility index (Phi) is 5.03. The minimum atomic E-state index is -1.53. The number of benzene rings is 5. The van der Waals surface area contributed by atoms with Gasteiger partial charge in [-0.05, 0) is 52.0 Å². The first kappa shape index (κ1) is 20.5. The van der Waals surface area contributed by atoms with Crippen LogP contribution in [0.15, 0.2) is 121 Å². The average Bonchev–Trinajstić information content (AvgIpc) is 3.23. The molecular weight excluding hydrogens is 417 g/mol. The van der Waals surface area contributed by atoms with Gasteiger partial charge in [0.05, 0.1) is 11.0 Å². The number of para-hydroxylation sites is 2. The topological polar surface area (TPSA) is 45.4 Å². The van der Waals surface area contributed by atoms with Crippen molar-refractivity contribution in [2.75, 3.05) is 0 Å². The molecule has 4 heteroatoms. The fourth-order valence-electron chi connectivity index (χ4n) is 4.93. The number of fused-ring (bicyclic) bond motifs is 3. The molecular formula is C30H22BNO2. The van der Waals surface area contributed by atoms with Gasteiger partial charge < -0.3 is 14.6 Å². The number of aromatic nitrogens is 1. The highest BCUT2D eigenvalue weighted by Crippen LogP contribution is 2.34. The molecule has 0 aliphatic carbocycles. The molecule has 3 nitrogen and oxygen atoms in total. The number of hydrogen-bond acceptors (Lipinski definition) is 2. The highest BCUT2D eigenvalue weighted by Gasteiger charge is 2.18. The van der Waals surface area contributed by atoms with Crippen LogP contribution in [0.25, 0.3) is 49.7 Å². The summed E-state index contributed by atoms with van der Waals surface area (Å²) < 4.78 is 2.30. The van der Waals surface area contributed by atoms with Crippen LogP contribution in [-0.2, 0) is 0 Å². The standard InChI is InChI=1S/C30H22BNO2/c33-31(34)28-14-6-3-11-25(28)24-10-2-1-9-23(24)21-17-19-22(20-18-21)32-29-15-7-4-12-26(29)27-13-5-8-16-30(27)32/h1-20,33-34H. The van der Waals surface area contributed by atoms with E-state index in [0.717, 1.165) is 27.9 Å². The van der Waals surface area contributed by atoms with Gasteiger partial charge in [0.1, 0.15) is 0 Å². The molecule has 6 rings (SSSR count). The minimum absolute atomic E-state index is 0.497. The summed E-state index contributed by atoms with van der Waals surface area (Å²) in [5.41, 5.74) is 7.87. The zero-order valence-electron chi connectivity index (χ0n) is 18.5. The first-order valence-electron chi connectivity index (χ1n) is 11.4. The van der Waals surface area contributed by atoms with Gasteiger partial charge in [-0.15, -0.1) is 0 Å². The van der Waals surface area contributed by atoms with Crippen LogP contribution in [-0.4, -0.2) is 21.7 Å². The summed E-state index contributed by atoms with van der Waals surface area (Å²) in [5, 5.41) is 22.3. The van der Waals surface area contributed by atoms with Crippen molar-refractivity contribution in [1.82, 2.24) is 4.57 Å². The van der Waals surface area contributed by atoms with Crippen LogP contribution in [0.5, 0.6) is 0 Å². The van der Waals surface area contributed by atoms with Gasteiger partial charge >= 0.3 is 7.12 Å². The van der Waals surface area contributed by atoms with Gasteiger partial charge in [0.25, 0.3) is 0 Å². The van der Waals surface area contributed by atoms with Crippen molar-refractivity contribution in [2.45, 2.75) is 0 Å².